The lowest BCUT2D eigenvalue weighted by atomic mass is 9.91. The molecule has 0 unspecified atom stereocenters. The molecule has 1 amide bonds. The highest BCUT2D eigenvalue weighted by molar-refractivity contribution is 5.90. The van der Waals surface area contributed by atoms with Crippen LogP contribution in [-0.2, 0) is 0 Å². The number of hydrogen-bond donors (Lipinski definition) is 3. The lowest BCUT2D eigenvalue weighted by Crippen LogP contribution is -2.40. The van der Waals surface area contributed by atoms with E-state index in [0.29, 0.717) is 6.04 Å². The Kier molecular flexibility index (Phi) is 4.09. The zero-order chi connectivity index (χ0) is 14.5. The lowest BCUT2D eigenvalue weighted by molar-refractivity contribution is 0.0916. The van der Waals surface area contributed by atoms with Crippen molar-refractivity contribution in [2.24, 2.45) is 0 Å². The number of carbonyl (C=O) groups excluding carboxylic acids is 1. The Morgan fingerprint density at radius 1 is 1.14 bits per heavy atom. The van der Waals surface area contributed by atoms with Crippen LogP contribution in [0, 0.1) is 0 Å². The van der Waals surface area contributed by atoms with Gasteiger partial charge >= 0.3 is 0 Å². The number of hydrogen-bond acceptors (Lipinski definition) is 5. The van der Waals surface area contributed by atoms with Crippen LogP contribution in [0.1, 0.15) is 36.3 Å². The van der Waals surface area contributed by atoms with E-state index in [2.05, 4.69) is 30.8 Å². The molecule has 2 aromatic rings. The van der Waals surface area contributed by atoms with E-state index in [9.17, 15) is 4.79 Å². The van der Waals surface area contributed by atoms with Gasteiger partial charge in [-0.05, 0) is 37.8 Å². The van der Waals surface area contributed by atoms with Crippen LogP contribution in [0.2, 0.25) is 0 Å². The SMILES string of the molecule is O=C(NC1CCC(Nc2ccccn2)CC1)c1ncn[nH]1. The molecule has 0 aromatic carbocycles. The number of pyridine rings is 1. The second-order valence-electron chi connectivity index (χ2n) is 5.22. The number of H-pyrrole nitrogens is 1. The number of anilines is 1. The second kappa shape index (κ2) is 6.34. The Morgan fingerprint density at radius 2 is 1.95 bits per heavy atom. The molecule has 1 saturated carbocycles. The van der Waals surface area contributed by atoms with E-state index in [0.717, 1.165) is 31.5 Å². The zero-order valence-electron chi connectivity index (χ0n) is 11.6. The number of nitrogens with zero attached hydrogens (tertiary/aromatic N) is 3. The van der Waals surface area contributed by atoms with E-state index in [1.54, 1.807) is 6.20 Å². The Hall–Kier alpha value is -2.44. The minimum absolute atomic E-state index is 0.186. The first kappa shape index (κ1) is 13.5. The first-order chi connectivity index (χ1) is 10.3. The fraction of sp³-hybridized carbons (Fsp3) is 0.429. The molecule has 1 aliphatic carbocycles. The van der Waals surface area contributed by atoms with Gasteiger partial charge in [-0.25, -0.2) is 9.97 Å². The minimum atomic E-state index is -0.186. The Labute approximate surface area is 122 Å². The molecule has 7 heteroatoms. The summed E-state index contributed by atoms with van der Waals surface area (Å²) in [6, 6.07) is 6.46. The molecule has 3 N–H and O–H groups in total. The van der Waals surface area contributed by atoms with Crippen LogP contribution < -0.4 is 10.6 Å². The largest absolute Gasteiger partial charge is 0.367 e. The first-order valence-corrected chi connectivity index (χ1v) is 7.15. The lowest BCUT2D eigenvalue weighted by Gasteiger charge is -2.29. The van der Waals surface area contributed by atoms with Crippen LogP contribution in [0.4, 0.5) is 5.82 Å². The Balaban J connectivity index is 1.46. The molecule has 0 saturated heterocycles. The zero-order valence-corrected chi connectivity index (χ0v) is 11.6. The number of rotatable bonds is 4. The molecule has 0 bridgehead atoms. The molecule has 1 fully saturated rings. The molecule has 1 aliphatic rings. The predicted molar refractivity (Wildman–Crippen MR) is 77.8 cm³/mol. The van der Waals surface area contributed by atoms with Crippen molar-refractivity contribution in [1.82, 2.24) is 25.5 Å². The van der Waals surface area contributed by atoms with Gasteiger partial charge in [0.05, 0.1) is 0 Å². The van der Waals surface area contributed by atoms with E-state index >= 15 is 0 Å². The molecular formula is C14H18N6O. The van der Waals surface area contributed by atoms with Gasteiger partial charge in [0.15, 0.2) is 0 Å². The van der Waals surface area contributed by atoms with E-state index < -0.39 is 0 Å². The number of aromatic nitrogens is 4. The summed E-state index contributed by atoms with van der Waals surface area (Å²) < 4.78 is 0. The molecule has 0 radical (unpaired) electrons. The van der Waals surface area contributed by atoms with Gasteiger partial charge in [0.2, 0.25) is 5.82 Å². The maximum Gasteiger partial charge on any atom is 0.288 e. The molecule has 110 valence electrons. The first-order valence-electron chi connectivity index (χ1n) is 7.15. The standard InChI is InChI=1S/C14H18N6O/c21-14(13-16-9-17-20-13)19-11-6-4-10(5-7-11)18-12-3-1-2-8-15-12/h1-3,8-11H,4-7H2,(H,15,18)(H,19,21)(H,16,17,20). The number of aromatic amines is 1. The monoisotopic (exact) mass is 286 g/mol. The quantitative estimate of drug-likeness (QED) is 0.788. The average Bonchev–Trinajstić information content (AvgIpc) is 3.05. The fourth-order valence-electron chi connectivity index (χ4n) is 2.61. The molecule has 0 spiro atoms. The van der Waals surface area contributed by atoms with Gasteiger partial charge in [-0.1, -0.05) is 6.07 Å². The summed E-state index contributed by atoms with van der Waals surface area (Å²) in [4.78, 5) is 20.0. The molecule has 2 heterocycles. The van der Waals surface area contributed by atoms with E-state index in [1.165, 1.54) is 6.33 Å². The van der Waals surface area contributed by atoms with Crippen LogP contribution in [0.5, 0.6) is 0 Å². The van der Waals surface area contributed by atoms with Gasteiger partial charge in [-0.15, -0.1) is 0 Å². The molecule has 7 nitrogen and oxygen atoms in total. The molecule has 0 atom stereocenters. The van der Waals surface area contributed by atoms with Crippen molar-refractivity contribution >= 4 is 11.7 Å². The molecule has 2 aromatic heterocycles. The highest BCUT2D eigenvalue weighted by Crippen LogP contribution is 2.21. The van der Waals surface area contributed by atoms with E-state index in [1.807, 2.05) is 18.2 Å². The van der Waals surface area contributed by atoms with Gasteiger partial charge in [0.1, 0.15) is 12.1 Å². The summed E-state index contributed by atoms with van der Waals surface area (Å²) in [6.45, 7) is 0. The summed E-state index contributed by atoms with van der Waals surface area (Å²) in [7, 11) is 0. The maximum atomic E-state index is 11.9. The normalized spacial score (nSPS) is 21.7. The van der Waals surface area contributed by atoms with E-state index in [-0.39, 0.29) is 17.8 Å². The Morgan fingerprint density at radius 3 is 2.62 bits per heavy atom. The van der Waals surface area contributed by atoms with E-state index in [4.69, 9.17) is 0 Å². The maximum absolute atomic E-state index is 11.9. The smallest absolute Gasteiger partial charge is 0.288 e. The van der Waals surface area contributed by atoms with Crippen LogP contribution in [-0.4, -0.2) is 38.2 Å². The number of amides is 1. The van der Waals surface area contributed by atoms with Crippen molar-refractivity contribution < 1.29 is 4.79 Å². The highest BCUT2D eigenvalue weighted by Gasteiger charge is 2.23. The summed E-state index contributed by atoms with van der Waals surface area (Å²) >= 11 is 0. The Bertz CT molecular complexity index is 562. The highest BCUT2D eigenvalue weighted by atomic mass is 16.2. The predicted octanol–water partition coefficient (Wildman–Crippen LogP) is 1.35. The number of nitrogens with one attached hydrogen (secondary N) is 3. The third-order valence-electron chi connectivity index (χ3n) is 3.71. The summed E-state index contributed by atoms with van der Waals surface area (Å²) in [5.74, 6) is 0.990. The van der Waals surface area contributed by atoms with Crippen molar-refractivity contribution in [2.45, 2.75) is 37.8 Å². The van der Waals surface area contributed by atoms with Crippen molar-refractivity contribution in [3.8, 4) is 0 Å². The van der Waals surface area contributed by atoms with Crippen molar-refractivity contribution in [3.63, 3.8) is 0 Å². The number of carbonyl (C=O) groups is 1. The topological polar surface area (TPSA) is 95.6 Å². The van der Waals surface area contributed by atoms with Gasteiger partial charge in [-0.3, -0.25) is 9.89 Å². The van der Waals surface area contributed by atoms with Crippen LogP contribution in [0.3, 0.4) is 0 Å². The molecule has 21 heavy (non-hydrogen) atoms. The van der Waals surface area contributed by atoms with Crippen LogP contribution in [0.25, 0.3) is 0 Å². The van der Waals surface area contributed by atoms with Crippen LogP contribution in [0.15, 0.2) is 30.7 Å². The van der Waals surface area contributed by atoms with Crippen LogP contribution >= 0.6 is 0 Å². The molecule has 0 aliphatic heterocycles. The average molecular weight is 286 g/mol. The van der Waals surface area contributed by atoms with Gasteiger partial charge < -0.3 is 10.6 Å². The van der Waals surface area contributed by atoms with Crippen molar-refractivity contribution in [3.05, 3.63) is 36.5 Å². The van der Waals surface area contributed by atoms with Crippen molar-refractivity contribution in [2.75, 3.05) is 5.32 Å². The van der Waals surface area contributed by atoms with Gasteiger partial charge in [-0.2, -0.15) is 5.10 Å². The molecule has 3 rings (SSSR count). The minimum Gasteiger partial charge on any atom is -0.367 e. The third kappa shape index (κ3) is 3.56. The van der Waals surface area contributed by atoms with Gasteiger partial charge in [0.25, 0.3) is 5.91 Å². The second-order valence-corrected chi connectivity index (χ2v) is 5.22. The van der Waals surface area contributed by atoms with Crippen molar-refractivity contribution in [1.29, 1.82) is 0 Å². The summed E-state index contributed by atoms with van der Waals surface area (Å²) in [5.41, 5.74) is 0. The summed E-state index contributed by atoms with van der Waals surface area (Å²) in [6.07, 6.45) is 7.04. The third-order valence-corrected chi connectivity index (χ3v) is 3.71. The molecular weight excluding hydrogens is 268 g/mol. The fourth-order valence-corrected chi connectivity index (χ4v) is 2.61. The summed E-state index contributed by atoms with van der Waals surface area (Å²) in [5, 5.41) is 12.7. The van der Waals surface area contributed by atoms with Gasteiger partial charge in [0, 0.05) is 18.3 Å².